The number of amides is 1. The minimum absolute atomic E-state index is 0.203. The Morgan fingerprint density at radius 3 is 2.69 bits per heavy atom. The lowest BCUT2D eigenvalue weighted by molar-refractivity contribution is -0.137. The van der Waals surface area contributed by atoms with Gasteiger partial charge in [-0.05, 0) is 35.2 Å². The Balaban J connectivity index is 1.99. The van der Waals surface area contributed by atoms with Gasteiger partial charge in [0.15, 0.2) is 0 Å². The molecule has 0 saturated heterocycles. The number of benzene rings is 2. The van der Waals surface area contributed by atoms with Crippen molar-refractivity contribution in [3.63, 3.8) is 0 Å². The Hall–Kier alpha value is -2.58. The van der Waals surface area contributed by atoms with E-state index in [-0.39, 0.29) is 18.5 Å². The number of carbonyl (C=O) groups is 1. The summed E-state index contributed by atoms with van der Waals surface area (Å²) in [4.78, 5) is 11.8. The summed E-state index contributed by atoms with van der Waals surface area (Å²) in [6.45, 7) is 0. The van der Waals surface area contributed by atoms with Gasteiger partial charge in [0.1, 0.15) is 5.75 Å². The number of methoxy groups -OCH3 is 1. The predicted octanol–water partition coefficient (Wildman–Crippen LogP) is 2.91. The van der Waals surface area contributed by atoms with Crippen LogP contribution in [0.2, 0.25) is 0 Å². The van der Waals surface area contributed by atoms with E-state index in [1.165, 1.54) is 19.2 Å². The van der Waals surface area contributed by atoms with Gasteiger partial charge in [0.2, 0.25) is 0 Å². The quantitative estimate of drug-likeness (QED) is 0.819. The fraction of sp³-hybridized carbons (Fsp3) is 0.278. The van der Waals surface area contributed by atoms with Gasteiger partial charge in [0.25, 0.3) is 5.91 Å². The van der Waals surface area contributed by atoms with Crippen LogP contribution in [0.15, 0.2) is 36.4 Å². The lowest BCUT2D eigenvalue weighted by atomic mass is 9.93. The monoisotopic (exact) mass is 366 g/mol. The first-order chi connectivity index (χ1) is 12.2. The lowest BCUT2D eigenvalue weighted by Crippen LogP contribution is -2.47. The van der Waals surface area contributed by atoms with E-state index in [4.69, 9.17) is 10.5 Å². The van der Waals surface area contributed by atoms with E-state index < -0.39 is 23.7 Å². The molecular weight excluding hydrogens is 349 g/mol. The Morgan fingerprint density at radius 1 is 1.31 bits per heavy atom. The number of ether oxygens (including phenoxy) is 1. The van der Waals surface area contributed by atoms with Crippen LogP contribution >= 0.6 is 0 Å². The maximum absolute atomic E-state index is 12.9. The van der Waals surface area contributed by atoms with Crippen LogP contribution in [0.25, 0.3) is 0 Å². The molecule has 0 bridgehead atoms. The minimum Gasteiger partial charge on any atom is -0.496 e. The number of hydroxylamine groups is 1. The molecule has 3 N–H and O–H groups in total. The summed E-state index contributed by atoms with van der Waals surface area (Å²) in [5.41, 5.74) is 7.00. The Bertz CT molecular complexity index is 852. The Kier molecular flexibility index (Phi) is 4.64. The molecule has 1 atom stereocenters. The molecule has 1 heterocycles. The number of fused-ring (bicyclic) bond motifs is 1. The molecule has 0 spiro atoms. The van der Waals surface area contributed by atoms with Gasteiger partial charge < -0.3 is 10.5 Å². The molecule has 5 nitrogen and oxygen atoms in total. The van der Waals surface area contributed by atoms with E-state index >= 15 is 0 Å². The fourth-order valence-electron chi connectivity index (χ4n) is 3.03. The molecule has 0 aromatic heterocycles. The van der Waals surface area contributed by atoms with Crippen LogP contribution in [0, 0.1) is 0 Å². The highest BCUT2D eigenvalue weighted by molar-refractivity contribution is 5.98. The van der Waals surface area contributed by atoms with Crippen molar-refractivity contribution in [2.24, 2.45) is 5.73 Å². The van der Waals surface area contributed by atoms with E-state index in [1.54, 1.807) is 12.1 Å². The first-order valence-corrected chi connectivity index (χ1v) is 7.85. The number of nitrogens with two attached hydrogens (primary N) is 1. The van der Waals surface area contributed by atoms with Crippen molar-refractivity contribution in [2.75, 3.05) is 12.2 Å². The van der Waals surface area contributed by atoms with Crippen LogP contribution in [-0.2, 0) is 23.8 Å². The molecule has 8 heteroatoms. The van der Waals surface area contributed by atoms with Crippen LogP contribution in [0.5, 0.6) is 5.75 Å². The van der Waals surface area contributed by atoms with Gasteiger partial charge in [-0.15, -0.1) is 0 Å². The summed E-state index contributed by atoms with van der Waals surface area (Å²) in [6, 6.07) is 7.37. The predicted molar refractivity (Wildman–Crippen MR) is 88.2 cm³/mol. The molecule has 0 radical (unpaired) electrons. The summed E-state index contributed by atoms with van der Waals surface area (Å²) >= 11 is 0. The third-order valence-corrected chi connectivity index (χ3v) is 4.32. The molecule has 26 heavy (non-hydrogen) atoms. The number of rotatable bonds is 3. The number of nitrogens with zero attached hydrogens (tertiary/aromatic N) is 1. The second-order valence-electron chi connectivity index (χ2n) is 6.13. The zero-order valence-electron chi connectivity index (χ0n) is 13.9. The van der Waals surface area contributed by atoms with Crippen molar-refractivity contribution in [1.29, 1.82) is 0 Å². The van der Waals surface area contributed by atoms with Crippen molar-refractivity contribution in [2.45, 2.75) is 25.1 Å². The molecule has 138 valence electrons. The smallest absolute Gasteiger partial charge is 0.416 e. The van der Waals surface area contributed by atoms with Crippen molar-refractivity contribution in [3.8, 4) is 5.75 Å². The molecule has 2 aromatic carbocycles. The lowest BCUT2D eigenvalue weighted by Gasteiger charge is -2.28. The van der Waals surface area contributed by atoms with Gasteiger partial charge in [-0.25, -0.2) is 0 Å². The summed E-state index contributed by atoms with van der Waals surface area (Å²) in [5, 5.41) is 10.4. The summed E-state index contributed by atoms with van der Waals surface area (Å²) in [6.07, 6.45) is -3.99. The number of halogens is 3. The van der Waals surface area contributed by atoms with Crippen LogP contribution < -0.4 is 15.5 Å². The molecule has 1 aliphatic rings. The van der Waals surface area contributed by atoms with Crippen molar-refractivity contribution >= 4 is 11.6 Å². The summed E-state index contributed by atoms with van der Waals surface area (Å²) in [5.74, 6) is -0.256. The maximum atomic E-state index is 12.9. The molecule has 3 rings (SSSR count). The highest BCUT2D eigenvalue weighted by Gasteiger charge is 2.32. The number of alkyl halides is 3. The molecule has 0 fully saturated rings. The van der Waals surface area contributed by atoms with Crippen LogP contribution in [-0.4, -0.2) is 24.3 Å². The molecule has 0 saturated carbocycles. The SMILES string of the molecule is COc1cc2c(cc1Cc1cccc(C(F)(F)F)c1)C[C@H](N)C(=O)N2O. The van der Waals surface area contributed by atoms with Crippen LogP contribution in [0.4, 0.5) is 18.9 Å². The highest BCUT2D eigenvalue weighted by atomic mass is 19.4. The average Bonchev–Trinajstić information content (AvgIpc) is 2.59. The van der Waals surface area contributed by atoms with E-state index in [1.807, 2.05) is 0 Å². The first kappa shape index (κ1) is 18.2. The van der Waals surface area contributed by atoms with Gasteiger partial charge in [0, 0.05) is 12.5 Å². The van der Waals surface area contributed by atoms with Gasteiger partial charge in [-0.2, -0.15) is 18.2 Å². The molecule has 1 aliphatic heterocycles. The normalized spacial score (nSPS) is 17.2. The van der Waals surface area contributed by atoms with Gasteiger partial charge in [-0.3, -0.25) is 10.0 Å². The maximum Gasteiger partial charge on any atom is 0.416 e. The number of anilines is 1. The summed E-state index contributed by atoms with van der Waals surface area (Å²) < 4.78 is 44.0. The van der Waals surface area contributed by atoms with E-state index in [2.05, 4.69) is 0 Å². The van der Waals surface area contributed by atoms with E-state index in [0.29, 0.717) is 27.5 Å². The molecule has 2 aromatic rings. The number of hydrogen-bond donors (Lipinski definition) is 2. The molecule has 1 amide bonds. The zero-order chi connectivity index (χ0) is 19.1. The van der Waals surface area contributed by atoms with Crippen molar-refractivity contribution < 1.29 is 27.9 Å². The molecule has 0 unspecified atom stereocenters. The third-order valence-electron chi connectivity index (χ3n) is 4.32. The van der Waals surface area contributed by atoms with E-state index in [0.717, 1.165) is 12.1 Å². The molecular formula is C18H17F3N2O3. The van der Waals surface area contributed by atoms with Gasteiger partial charge >= 0.3 is 6.18 Å². The van der Waals surface area contributed by atoms with Crippen molar-refractivity contribution in [1.82, 2.24) is 0 Å². The Morgan fingerprint density at radius 2 is 2.04 bits per heavy atom. The second kappa shape index (κ2) is 6.62. The molecule has 0 aliphatic carbocycles. The van der Waals surface area contributed by atoms with Gasteiger partial charge in [-0.1, -0.05) is 18.2 Å². The topological polar surface area (TPSA) is 75.8 Å². The standard InChI is InChI=1S/C18H17F3N2O3/c1-26-16-9-15-11(8-14(22)17(24)23(15)25)7-12(16)5-10-3-2-4-13(6-10)18(19,20)21/h2-4,6-7,9,14,25H,5,8,22H2,1H3/t14-/m0/s1. The number of hydrogen-bond acceptors (Lipinski definition) is 4. The van der Waals surface area contributed by atoms with Crippen LogP contribution in [0.1, 0.15) is 22.3 Å². The average molecular weight is 366 g/mol. The van der Waals surface area contributed by atoms with Gasteiger partial charge in [0.05, 0.1) is 24.4 Å². The minimum atomic E-state index is -4.42. The fourth-order valence-corrected chi connectivity index (χ4v) is 3.03. The third kappa shape index (κ3) is 3.38. The second-order valence-corrected chi connectivity index (χ2v) is 6.13. The van der Waals surface area contributed by atoms with Crippen molar-refractivity contribution in [3.05, 3.63) is 58.7 Å². The largest absolute Gasteiger partial charge is 0.496 e. The summed E-state index contributed by atoms with van der Waals surface area (Å²) in [7, 11) is 1.41. The highest BCUT2D eigenvalue weighted by Crippen LogP contribution is 2.35. The van der Waals surface area contributed by atoms with E-state index in [9.17, 15) is 23.2 Å². The zero-order valence-corrected chi connectivity index (χ0v) is 13.9. The number of carbonyl (C=O) groups excluding carboxylic acids is 1. The van der Waals surface area contributed by atoms with Crippen LogP contribution in [0.3, 0.4) is 0 Å². The first-order valence-electron chi connectivity index (χ1n) is 7.85. The Labute approximate surface area is 147 Å².